The summed E-state index contributed by atoms with van der Waals surface area (Å²) in [7, 11) is 0. The Labute approximate surface area is 99.0 Å². The zero-order chi connectivity index (χ0) is 11.4. The monoisotopic (exact) mass is 227 g/mol. The van der Waals surface area contributed by atoms with Gasteiger partial charge in [-0.25, -0.2) is 0 Å². The van der Waals surface area contributed by atoms with Crippen LogP contribution in [-0.4, -0.2) is 9.78 Å². The molecule has 4 rings (SSSR count). The molecule has 4 nitrogen and oxygen atoms in total. The molecule has 0 spiro atoms. The summed E-state index contributed by atoms with van der Waals surface area (Å²) in [6, 6.07) is 6.33. The van der Waals surface area contributed by atoms with Crippen molar-refractivity contribution in [2.75, 3.05) is 5.73 Å². The van der Waals surface area contributed by atoms with Gasteiger partial charge in [0.1, 0.15) is 18.1 Å². The van der Waals surface area contributed by atoms with Crippen LogP contribution in [0.1, 0.15) is 24.4 Å². The molecule has 0 unspecified atom stereocenters. The normalized spacial score (nSPS) is 17.2. The first kappa shape index (κ1) is 9.10. The third-order valence-corrected chi connectivity index (χ3v) is 3.37. The molecule has 4 heteroatoms. The highest BCUT2D eigenvalue weighted by Crippen LogP contribution is 2.41. The molecule has 0 radical (unpaired) electrons. The van der Waals surface area contributed by atoms with Crippen LogP contribution >= 0.6 is 0 Å². The van der Waals surface area contributed by atoms with E-state index in [9.17, 15) is 0 Å². The number of benzene rings is 1. The van der Waals surface area contributed by atoms with Gasteiger partial charge in [-0.05, 0) is 31.0 Å². The van der Waals surface area contributed by atoms with Crippen LogP contribution in [0.3, 0.4) is 0 Å². The Kier molecular flexibility index (Phi) is 1.62. The average Bonchev–Trinajstić information content (AvgIpc) is 3.08. The van der Waals surface area contributed by atoms with Crippen LogP contribution in [0.4, 0.5) is 5.69 Å². The smallest absolute Gasteiger partial charge is 0.129 e. The Balaban J connectivity index is 1.90. The maximum absolute atomic E-state index is 5.83. The van der Waals surface area contributed by atoms with E-state index in [-0.39, 0.29) is 0 Å². The number of fused-ring (bicyclic) bond motifs is 3. The Morgan fingerprint density at radius 1 is 1.35 bits per heavy atom. The lowest BCUT2D eigenvalue weighted by molar-refractivity contribution is 0.302. The van der Waals surface area contributed by atoms with E-state index in [4.69, 9.17) is 10.5 Å². The number of nitrogens with zero attached hydrogens (tertiary/aromatic N) is 2. The van der Waals surface area contributed by atoms with Crippen LogP contribution in [0.25, 0.3) is 11.3 Å². The van der Waals surface area contributed by atoms with Crippen molar-refractivity contribution in [2.45, 2.75) is 25.5 Å². The fraction of sp³-hybridized carbons (Fsp3) is 0.308. The second kappa shape index (κ2) is 3.03. The van der Waals surface area contributed by atoms with E-state index in [0.717, 1.165) is 28.3 Å². The van der Waals surface area contributed by atoms with Crippen molar-refractivity contribution in [1.29, 1.82) is 0 Å². The minimum atomic E-state index is 0.602. The number of rotatable bonds is 1. The van der Waals surface area contributed by atoms with E-state index in [1.54, 1.807) is 0 Å². The van der Waals surface area contributed by atoms with Gasteiger partial charge >= 0.3 is 0 Å². The highest BCUT2D eigenvalue weighted by Gasteiger charge is 2.28. The van der Waals surface area contributed by atoms with Crippen LogP contribution in [0.5, 0.6) is 5.75 Å². The second-order valence-electron chi connectivity index (χ2n) is 4.76. The summed E-state index contributed by atoms with van der Waals surface area (Å²) in [6.07, 6.45) is 4.59. The van der Waals surface area contributed by atoms with Gasteiger partial charge < -0.3 is 10.5 Å². The van der Waals surface area contributed by atoms with Gasteiger partial charge in [0.25, 0.3) is 0 Å². The van der Waals surface area contributed by atoms with Gasteiger partial charge in [-0.15, -0.1) is 0 Å². The SMILES string of the molecule is Nc1ccc2c(c1)-c1nn(C3CC3)cc1CO2. The molecule has 1 aliphatic heterocycles. The molecule has 0 atom stereocenters. The molecule has 1 aromatic heterocycles. The quantitative estimate of drug-likeness (QED) is 0.761. The third kappa shape index (κ3) is 1.33. The summed E-state index contributed by atoms with van der Waals surface area (Å²) in [5, 5.41) is 4.68. The number of aromatic nitrogens is 2. The first-order valence-corrected chi connectivity index (χ1v) is 5.92. The fourth-order valence-electron chi connectivity index (χ4n) is 2.30. The highest BCUT2D eigenvalue weighted by atomic mass is 16.5. The Bertz CT molecular complexity index is 599. The van der Waals surface area contributed by atoms with Gasteiger partial charge in [0.15, 0.2) is 0 Å². The van der Waals surface area contributed by atoms with Crippen LogP contribution < -0.4 is 10.5 Å². The summed E-state index contributed by atoms with van der Waals surface area (Å²) in [5.41, 5.74) is 9.79. The first-order valence-electron chi connectivity index (χ1n) is 5.92. The van der Waals surface area contributed by atoms with E-state index in [1.807, 2.05) is 18.2 Å². The molecule has 1 saturated carbocycles. The number of nitrogen functional groups attached to an aromatic ring is 1. The van der Waals surface area contributed by atoms with E-state index >= 15 is 0 Å². The number of hydrogen-bond donors (Lipinski definition) is 1. The summed E-state index contributed by atoms with van der Waals surface area (Å²) >= 11 is 0. The summed E-state index contributed by atoms with van der Waals surface area (Å²) in [5.74, 6) is 0.882. The van der Waals surface area contributed by atoms with Crippen LogP contribution in [0.2, 0.25) is 0 Å². The Hall–Kier alpha value is -1.97. The number of ether oxygens (including phenoxy) is 1. The van der Waals surface area contributed by atoms with Gasteiger partial charge in [0, 0.05) is 23.0 Å². The predicted octanol–water partition coefficient (Wildman–Crippen LogP) is 2.36. The average molecular weight is 227 g/mol. The van der Waals surface area contributed by atoms with Crippen LogP contribution in [0.15, 0.2) is 24.4 Å². The summed E-state index contributed by atoms with van der Waals surface area (Å²) in [6.45, 7) is 0.610. The molecule has 86 valence electrons. The summed E-state index contributed by atoms with van der Waals surface area (Å²) in [4.78, 5) is 0. The molecule has 1 fully saturated rings. The molecular formula is C13H13N3O. The zero-order valence-corrected chi connectivity index (χ0v) is 9.39. The Morgan fingerprint density at radius 2 is 2.24 bits per heavy atom. The summed E-state index contributed by atoms with van der Waals surface area (Å²) < 4.78 is 7.79. The predicted molar refractivity (Wildman–Crippen MR) is 64.7 cm³/mol. The molecular weight excluding hydrogens is 214 g/mol. The molecule has 2 heterocycles. The van der Waals surface area contributed by atoms with E-state index < -0.39 is 0 Å². The van der Waals surface area contributed by atoms with E-state index in [0.29, 0.717) is 12.6 Å². The fourth-order valence-corrected chi connectivity index (χ4v) is 2.30. The van der Waals surface area contributed by atoms with Gasteiger partial charge in [-0.1, -0.05) is 0 Å². The largest absolute Gasteiger partial charge is 0.488 e. The van der Waals surface area contributed by atoms with Crippen molar-refractivity contribution >= 4 is 5.69 Å². The van der Waals surface area contributed by atoms with Crippen LogP contribution in [-0.2, 0) is 6.61 Å². The van der Waals surface area contributed by atoms with Crippen molar-refractivity contribution in [2.24, 2.45) is 0 Å². The van der Waals surface area contributed by atoms with Crippen molar-refractivity contribution in [3.63, 3.8) is 0 Å². The minimum absolute atomic E-state index is 0.602. The molecule has 1 aromatic carbocycles. The zero-order valence-electron chi connectivity index (χ0n) is 9.39. The molecule has 0 saturated heterocycles. The molecule has 1 aliphatic carbocycles. The van der Waals surface area contributed by atoms with Gasteiger partial charge in [0.05, 0.1) is 6.04 Å². The third-order valence-electron chi connectivity index (χ3n) is 3.37. The van der Waals surface area contributed by atoms with Gasteiger partial charge in [-0.2, -0.15) is 5.10 Å². The topological polar surface area (TPSA) is 53.1 Å². The van der Waals surface area contributed by atoms with Crippen molar-refractivity contribution in [3.8, 4) is 17.0 Å². The molecule has 17 heavy (non-hydrogen) atoms. The van der Waals surface area contributed by atoms with Crippen molar-refractivity contribution < 1.29 is 4.74 Å². The van der Waals surface area contributed by atoms with E-state index in [2.05, 4.69) is 16.0 Å². The lowest BCUT2D eigenvalue weighted by atomic mass is 10.0. The number of hydrogen-bond acceptors (Lipinski definition) is 3. The lowest BCUT2D eigenvalue weighted by Gasteiger charge is -2.16. The molecule has 0 amide bonds. The lowest BCUT2D eigenvalue weighted by Crippen LogP contribution is -2.04. The van der Waals surface area contributed by atoms with Crippen LogP contribution in [0, 0.1) is 0 Å². The minimum Gasteiger partial charge on any atom is -0.488 e. The molecule has 0 bridgehead atoms. The number of anilines is 1. The van der Waals surface area contributed by atoms with Gasteiger partial charge in [-0.3, -0.25) is 4.68 Å². The maximum atomic E-state index is 5.83. The highest BCUT2D eigenvalue weighted by molar-refractivity contribution is 5.74. The molecule has 2 aromatic rings. The van der Waals surface area contributed by atoms with E-state index in [1.165, 1.54) is 12.8 Å². The van der Waals surface area contributed by atoms with Crippen molar-refractivity contribution in [1.82, 2.24) is 9.78 Å². The number of nitrogens with two attached hydrogens (primary N) is 1. The standard InChI is InChI=1S/C13H13N3O/c14-9-1-4-12-11(5-9)13-8(7-17-12)6-16(15-13)10-2-3-10/h1,4-6,10H,2-3,7,14H2. The maximum Gasteiger partial charge on any atom is 0.129 e. The first-order chi connectivity index (χ1) is 8.31. The molecule has 2 aliphatic rings. The van der Waals surface area contributed by atoms with Crippen molar-refractivity contribution in [3.05, 3.63) is 30.0 Å². The van der Waals surface area contributed by atoms with Gasteiger partial charge in [0.2, 0.25) is 0 Å². The molecule has 2 N–H and O–H groups in total. The second-order valence-corrected chi connectivity index (χ2v) is 4.76. The Morgan fingerprint density at radius 3 is 3.06 bits per heavy atom.